The van der Waals surface area contributed by atoms with Crippen molar-refractivity contribution in [2.45, 2.75) is 63.7 Å². The lowest BCUT2D eigenvalue weighted by atomic mass is 10.1. The molecular formula is C20H26N2O. The van der Waals surface area contributed by atoms with E-state index in [4.69, 9.17) is 14.7 Å². The number of methoxy groups -OCH3 is 1. The van der Waals surface area contributed by atoms with Gasteiger partial charge in [-0.3, -0.25) is 0 Å². The lowest BCUT2D eigenvalue weighted by Crippen LogP contribution is -2.02. The first-order chi connectivity index (χ1) is 11.3. The van der Waals surface area contributed by atoms with Crippen LogP contribution in [0.3, 0.4) is 0 Å². The summed E-state index contributed by atoms with van der Waals surface area (Å²) < 4.78 is 5.32. The van der Waals surface area contributed by atoms with Crippen molar-refractivity contribution in [3.05, 3.63) is 29.6 Å². The van der Waals surface area contributed by atoms with Crippen molar-refractivity contribution in [2.75, 3.05) is 7.11 Å². The van der Waals surface area contributed by atoms with Crippen LogP contribution in [-0.4, -0.2) is 17.1 Å². The summed E-state index contributed by atoms with van der Waals surface area (Å²) >= 11 is 0. The molecule has 0 radical (unpaired) electrons. The maximum Gasteiger partial charge on any atom is 0.121 e. The lowest BCUT2D eigenvalue weighted by Gasteiger charge is -2.10. The van der Waals surface area contributed by atoms with E-state index in [-0.39, 0.29) is 0 Å². The fourth-order valence-corrected chi connectivity index (χ4v) is 3.39. The van der Waals surface area contributed by atoms with Gasteiger partial charge >= 0.3 is 0 Å². The number of hydrogen-bond acceptors (Lipinski definition) is 3. The van der Waals surface area contributed by atoms with Crippen molar-refractivity contribution in [2.24, 2.45) is 5.92 Å². The topological polar surface area (TPSA) is 35.0 Å². The Morgan fingerprint density at radius 3 is 2.61 bits per heavy atom. The van der Waals surface area contributed by atoms with Gasteiger partial charge in [-0.15, -0.1) is 0 Å². The van der Waals surface area contributed by atoms with Crippen LogP contribution in [0, 0.1) is 5.92 Å². The highest BCUT2D eigenvalue weighted by Crippen LogP contribution is 2.41. The molecule has 0 aliphatic heterocycles. The molecule has 2 saturated carbocycles. The van der Waals surface area contributed by atoms with E-state index in [0.717, 1.165) is 29.1 Å². The second-order valence-corrected chi connectivity index (χ2v) is 7.23. The van der Waals surface area contributed by atoms with Gasteiger partial charge in [-0.05, 0) is 43.7 Å². The summed E-state index contributed by atoms with van der Waals surface area (Å²) in [6.45, 7) is 0. The van der Waals surface area contributed by atoms with E-state index in [1.165, 1.54) is 62.8 Å². The van der Waals surface area contributed by atoms with Crippen molar-refractivity contribution in [3.63, 3.8) is 0 Å². The van der Waals surface area contributed by atoms with Crippen LogP contribution >= 0.6 is 0 Å². The standard InChI is InChI=1S/C20H26N2O/c1-23-16-11-12-17-19(13-16)22-20(15-9-10-15)18(21-17)6-4-2-3-5-14-7-8-14/h11-15H,2-10H2,1H3. The van der Waals surface area contributed by atoms with Crippen molar-refractivity contribution >= 4 is 11.0 Å². The van der Waals surface area contributed by atoms with Gasteiger partial charge in [0.2, 0.25) is 0 Å². The van der Waals surface area contributed by atoms with E-state index in [9.17, 15) is 0 Å². The Morgan fingerprint density at radius 1 is 1.00 bits per heavy atom. The molecule has 2 aliphatic rings. The Morgan fingerprint density at radius 2 is 1.87 bits per heavy atom. The summed E-state index contributed by atoms with van der Waals surface area (Å²) in [5.41, 5.74) is 4.48. The molecular weight excluding hydrogens is 284 g/mol. The molecule has 0 N–H and O–H groups in total. The number of ether oxygens (including phenoxy) is 1. The zero-order valence-electron chi connectivity index (χ0n) is 14.1. The number of hydrogen-bond donors (Lipinski definition) is 0. The molecule has 122 valence electrons. The maximum absolute atomic E-state index is 5.32. The Labute approximate surface area is 138 Å². The SMILES string of the molecule is COc1ccc2nc(CCCCCC3CC3)c(C3CC3)nc2c1. The van der Waals surface area contributed by atoms with E-state index in [1.54, 1.807) is 7.11 Å². The van der Waals surface area contributed by atoms with Gasteiger partial charge in [0, 0.05) is 12.0 Å². The van der Waals surface area contributed by atoms with Crippen molar-refractivity contribution < 1.29 is 4.74 Å². The minimum Gasteiger partial charge on any atom is -0.497 e. The summed E-state index contributed by atoms with van der Waals surface area (Å²) in [6.07, 6.45) is 12.0. The molecule has 2 fully saturated rings. The van der Waals surface area contributed by atoms with Gasteiger partial charge in [0.15, 0.2) is 0 Å². The minimum atomic E-state index is 0.652. The molecule has 0 amide bonds. The first kappa shape index (κ1) is 14.9. The van der Waals surface area contributed by atoms with Crippen molar-refractivity contribution in [3.8, 4) is 5.75 Å². The second-order valence-electron chi connectivity index (χ2n) is 7.23. The number of rotatable bonds is 8. The molecule has 0 spiro atoms. The average Bonchev–Trinajstić information content (AvgIpc) is 3.47. The fraction of sp³-hybridized carbons (Fsp3) is 0.600. The average molecular weight is 310 g/mol. The third-order valence-electron chi connectivity index (χ3n) is 5.16. The third-order valence-corrected chi connectivity index (χ3v) is 5.16. The summed E-state index contributed by atoms with van der Waals surface area (Å²) in [6, 6.07) is 6.02. The second kappa shape index (κ2) is 6.46. The number of aryl methyl sites for hydroxylation is 1. The maximum atomic E-state index is 5.32. The normalized spacial score (nSPS) is 17.6. The van der Waals surface area contributed by atoms with Gasteiger partial charge in [-0.25, -0.2) is 9.97 Å². The van der Waals surface area contributed by atoms with Gasteiger partial charge in [0.25, 0.3) is 0 Å². The van der Waals surface area contributed by atoms with E-state index >= 15 is 0 Å². The van der Waals surface area contributed by atoms with Gasteiger partial charge in [0.1, 0.15) is 5.75 Å². The molecule has 0 atom stereocenters. The first-order valence-electron chi connectivity index (χ1n) is 9.18. The smallest absolute Gasteiger partial charge is 0.121 e. The van der Waals surface area contributed by atoms with Crippen molar-refractivity contribution in [1.29, 1.82) is 0 Å². The number of nitrogens with zero attached hydrogens (tertiary/aromatic N) is 2. The van der Waals surface area contributed by atoms with Crippen LogP contribution in [0.25, 0.3) is 11.0 Å². The Balaban J connectivity index is 1.48. The van der Waals surface area contributed by atoms with Gasteiger partial charge in [-0.2, -0.15) is 0 Å². The molecule has 0 saturated heterocycles. The highest BCUT2D eigenvalue weighted by molar-refractivity contribution is 5.76. The van der Waals surface area contributed by atoms with Crippen LogP contribution in [0.4, 0.5) is 0 Å². The highest BCUT2D eigenvalue weighted by Gasteiger charge is 2.28. The van der Waals surface area contributed by atoms with Crippen molar-refractivity contribution in [1.82, 2.24) is 9.97 Å². The Kier molecular flexibility index (Phi) is 4.19. The van der Waals surface area contributed by atoms with E-state index in [0.29, 0.717) is 5.92 Å². The Bertz CT molecular complexity index is 689. The Hall–Kier alpha value is -1.64. The number of fused-ring (bicyclic) bond motifs is 1. The molecule has 4 rings (SSSR count). The molecule has 1 aromatic heterocycles. The predicted octanol–water partition coefficient (Wildman–Crippen LogP) is 5.03. The molecule has 2 aromatic rings. The van der Waals surface area contributed by atoms with Crippen LogP contribution in [0.1, 0.15) is 68.7 Å². The number of benzene rings is 1. The predicted molar refractivity (Wildman–Crippen MR) is 93.0 cm³/mol. The van der Waals surface area contributed by atoms with Crippen LogP contribution < -0.4 is 4.74 Å². The quantitative estimate of drug-likeness (QED) is 0.641. The molecule has 3 nitrogen and oxygen atoms in total. The van der Waals surface area contributed by atoms with Crippen LogP contribution in [0.2, 0.25) is 0 Å². The minimum absolute atomic E-state index is 0.652. The van der Waals surface area contributed by atoms with Gasteiger partial charge in [0.05, 0.1) is 29.5 Å². The molecule has 0 unspecified atom stereocenters. The molecule has 1 heterocycles. The zero-order valence-corrected chi connectivity index (χ0v) is 14.1. The van der Waals surface area contributed by atoms with Crippen LogP contribution in [0.5, 0.6) is 5.75 Å². The summed E-state index contributed by atoms with van der Waals surface area (Å²) in [7, 11) is 1.70. The molecule has 1 aromatic carbocycles. The van der Waals surface area contributed by atoms with E-state index in [1.807, 2.05) is 18.2 Å². The van der Waals surface area contributed by atoms with Gasteiger partial charge in [-0.1, -0.05) is 32.1 Å². The molecule has 23 heavy (non-hydrogen) atoms. The zero-order chi connectivity index (χ0) is 15.6. The van der Waals surface area contributed by atoms with Crippen LogP contribution in [0.15, 0.2) is 18.2 Å². The molecule has 3 heteroatoms. The number of unbranched alkanes of at least 4 members (excludes halogenated alkanes) is 2. The summed E-state index contributed by atoms with van der Waals surface area (Å²) in [4.78, 5) is 9.88. The summed E-state index contributed by atoms with van der Waals surface area (Å²) in [5, 5.41) is 0. The lowest BCUT2D eigenvalue weighted by molar-refractivity contribution is 0.415. The molecule has 2 aliphatic carbocycles. The summed E-state index contributed by atoms with van der Waals surface area (Å²) in [5.74, 6) is 2.58. The largest absolute Gasteiger partial charge is 0.497 e. The first-order valence-corrected chi connectivity index (χ1v) is 9.18. The third kappa shape index (κ3) is 3.65. The monoisotopic (exact) mass is 310 g/mol. The van der Waals surface area contributed by atoms with E-state index in [2.05, 4.69) is 0 Å². The highest BCUT2D eigenvalue weighted by atomic mass is 16.5. The number of aromatic nitrogens is 2. The molecule has 0 bridgehead atoms. The van der Waals surface area contributed by atoms with Gasteiger partial charge < -0.3 is 4.74 Å². The fourth-order valence-electron chi connectivity index (χ4n) is 3.39. The van der Waals surface area contributed by atoms with Crippen LogP contribution in [-0.2, 0) is 6.42 Å². The van der Waals surface area contributed by atoms with E-state index < -0.39 is 0 Å².